The molecule has 1 amide bonds. The van der Waals surface area contributed by atoms with Crippen molar-refractivity contribution in [3.05, 3.63) is 64.1 Å². The molecule has 1 atom stereocenters. The van der Waals surface area contributed by atoms with E-state index < -0.39 is 0 Å². The number of nitrogens with one attached hydrogen (secondary N) is 1. The molecular weight excluding hydrogens is 378 g/mol. The lowest BCUT2D eigenvalue weighted by Crippen LogP contribution is -2.41. The first-order chi connectivity index (χ1) is 12.0. The van der Waals surface area contributed by atoms with Crippen LogP contribution in [-0.2, 0) is 16.6 Å². The molecule has 2 aromatic rings. The van der Waals surface area contributed by atoms with E-state index in [2.05, 4.69) is 52.4 Å². The summed E-state index contributed by atoms with van der Waals surface area (Å²) in [6.07, 6.45) is 3.42. The molecule has 1 unspecified atom stereocenters. The van der Waals surface area contributed by atoms with Gasteiger partial charge < -0.3 is 10.1 Å². The highest BCUT2D eigenvalue weighted by Crippen LogP contribution is 2.51. The summed E-state index contributed by atoms with van der Waals surface area (Å²) < 4.78 is 6.44. The van der Waals surface area contributed by atoms with E-state index in [0.29, 0.717) is 12.8 Å². The minimum atomic E-state index is 0.0980. The first kappa shape index (κ1) is 18.0. The van der Waals surface area contributed by atoms with Crippen LogP contribution in [0.4, 0.5) is 0 Å². The molecular formula is C21H24BrNO2. The number of carbonyl (C=O) groups excluding carboxylic acids is 1. The van der Waals surface area contributed by atoms with Gasteiger partial charge in [-0.05, 0) is 55.5 Å². The van der Waals surface area contributed by atoms with Gasteiger partial charge in [-0.2, -0.15) is 0 Å². The molecule has 0 radical (unpaired) electrons. The van der Waals surface area contributed by atoms with Gasteiger partial charge in [0.05, 0.1) is 7.11 Å². The predicted octanol–water partition coefficient (Wildman–Crippen LogP) is 4.63. The van der Waals surface area contributed by atoms with Crippen molar-refractivity contribution in [2.45, 2.75) is 44.1 Å². The molecule has 1 aliphatic carbocycles. The highest BCUT2D eigenvalue weighted by Gasteiger charge is 2.49. The first-order valence-electron chi connectivity index (χ1n) is 8.72. The van der Waals surface area contributed by atoms with Crippen LogP contribution in [0.25, 0.3) is 0 Å². The predicted molar refractivity (Wildman–Crippen MR) is 104 cm³/mol. The summed E-state index contributed by atoms with van der Waals surface area (Å²) in [4.78, 5) is 12.4. The number of rotatable bonds is 7. The van der Waals surface area contributed by atoms with Gasteiger partial charge in [0.15, 0.2) is 0 Å². The average molecular weight is 402 g/mol. The molecule has 0 aromatic heterocycles. The summed E-state index contributed by atoms with van der Waals surface area (Å²) in [5.74, 6) is 0.943. The van der Waals surface area contributed by atoms with E-state index in [-0.39, 0.29) is 17.4 Å². The zero-order valence-electron chi connectivity index (χ0n) is 14.7. The number of methoxy groups -OCH3 is 1. The molecule has 0 saturated heterocycles. The van der Waals surface area contributed by atoms with Gasteiger partial charge in [-0.3, -0.25) is 4.79 Å². The van der Waals surface area contributed by atoms with Crippen LogP contribution in [0.15, 0.2) is 53.0 Å². The number of benzene rings is 2. The fourth-order valence-corrected chi connectivity index (χ4v) is 3.76. The topological polar surface area (TPSA) is 38.3 Å². The molecule has 0 heterocycles. The highest BCUT2D eigenvalue weighted by atomic mass is 79.9. The molecule has 0 aliphatic heterocycles. The van der Waals surface area contributed by atoms with Gasteiger partial charge in [0, 0.05) is 22.4 Å². The molecule has 1 fully saturated rings. The standard InChI is InChI=1S/C21H24BrNO2/c1-15(21(13-14-21)17-8-10-18(22)11-9-17)23-20(24)12-7-16-5-3-4-6-19(16)25-2/h3-6,8-11,15H,7,12-14H2,1-2H3,(H,23,24). The Morgan fingerprint density at radius 1 is 1.20 bits per heavy atom. The van der Waals surface area contributed by atoms with Crippen molar-refractivity contribution >= 4 is 21.8 Å². The van der Waals surface area contributed by atoms with Gasteiger partial charge in [0.2, 0.25) is 5.91 Å². The molecule has 2 aromatic carbocycles. The average Bonchev–Trinajstić information content (AvgIpc) is 3.43. The Kier molecular flexibility index (Phi) is 5.48. The van der Waals surface area contributed by atoms with Gasteiger partial charge in [0.25, 0.3) is 0 Å². The highest BCUT2D eigenvalue weighted by molar-refractivity contribution is 9.10. The summed E-state index contributed by atoms with van der Waals surface area (Å²) in [5, 5.41) is 3.21. The van der Waals surface area contributed by atoms with Crippen molar-refractivity contribution in [2.24, 2.45) is 0 Å². The number of carbonyl (C=O) groups is 1. The van der Waals surface area contributed by atoms with Crippen molar-refractivity contribution in [3.8, 4) is 5.75 Å². The third kappa shape index (κ3) is 4.06. The zero-order valence-corrected chi connectivity index (χ0v) is 16.3. The van der Waals surface area contributed by atoms with Crippen LogP contribution in [0.2, 0.25) is 0 Å². The second-order valence-electron chi connectivity index (χ2n) is 6.76. The van der Waals surface area contributed by atoms with Crippen LogP contribution in [0.1, 0.15) is 37.3 Å². The summed E-state index contributed by atoms with van der Waals surface area (Å²) in [5.41, 5.74) is 2.48. The van der Waals surface area contributed by atoms with Gasteiger partial charge in [-0.25, -0.2) is 0 Å². The van der Waals surface area contributed by atoms with Crippen molar-refractivity contribution in [2.75, 3.05) is 7.11 Å². The third-order valence-electron chi connectivity index (χ3n) is 5.23. The number of hydrogen-bond acceptors (Lipinski definition) is 2. The molecule has 0 spiro atoms. The Balaban J connectivity index is 1.58. The van der Waals surface area contributed by atoms with E-state index in [1.807, 2.05) is 24.3 Å². The maximum absolute atomic E-state index is 12.4. The van der Waals surface area contributed by atoms with Gasteiger partial charge in [-0.15, -0.1) is 0 Å². The van der Waals surface area contributed by atoms with Crippen LogP contribution < -0.4 is 10.1 Å². The van der Waals surface area contributed by atoms with Crippen LogP contribution in [0.5, 0.6) is 5.75 Å². The minimum Gasteiger partial charge on any atom is -0.496 e. The Morgan fingerprint density at radius 3 is 2.52 bits per heavy atom. The van der Waals surface area contributed by atoms with E-state index >= 15 is 0 Å². The largest absolute Gasteiger partial charge is 0.496 e. The third-order valence-corrected chi connectivity index (χ3v) is 5.76. The summed E-state index contributed by atoms with van der Waals surface area (Å²) in [6, 6.07) is 16.5. The number of halogens is 1. The number of ether oxygens (including phenoxy) is 1. The Morgan fingerprint density at radius 2 is 1.88 bits per heavy atom. The Labute approximate surface area is 157 Å². The molecule has 25 heavy (non-hydrogen) atoms. The maximum atomic E-state index is 12.4. The van der Waals surface area contributed by atoms with Crippen LogP contribution in [-0.4, -0.2) is 19.1 Å². The Bertz CT molecular complexity index is 738. The normalized spacial score (nSPS) is 16.1. The SMILES string of the molecule is COc1ccccc1CCC(=O)NC(C)C1(c2ccc(Br)cc2)CC1. The lowest BCUT2D eigenvalue weighted by atomic mass is 9.89. The fraction of sp³-hybridized carbons (Fsp3) is 0.381. The van der Waals surface area contributed by atoms with Gasteiger partial charge in [-0.1, -0.05) is 46.3 Å². The molecule has 1 N–H and O–H groups in total. The Hall–Kier alpha value is -1.81. The lowest BCUT2D eigenvalue weighted by molar-refractivity contribution is -0.121. The number of hydrogen-bond donors (Lipinski definition) is 1. The maximum Gasteiger partial charge on any atom is 0.220 e. The van der Waals surface area contributed by atoms with Gasteiger partial charge in [0.1, 0.15) is 5.75 Å². The number of aryl methyl sites for hydroxylation is 1. The fourth-order valence-electron chi connectivity index (χ4n) is 3.50. The molecule has 4 heteroatoms. The molecule has 0 bridgehead atoms. The van der Waals surface area contributed by atoms with Crippen LogP contribution >= 0.6 is 15.9 Å². The second-order valence-corrected chi connectivity index (χ2v) is 7.68. The van der Waals surface area contributed by atoms with E-state index in [9.17, 15) is 4.79 Å². The van der Waals surface area contributed by atoms with Crippen molar-refractivity contribution < 1.29 is 9.53 Å². The van der Waals surface area contributed by atoms with Crippen molar-refractivity contribution in [1.82, 2.24) is 5.32 Å². The molecule has 1 aliphatic rings. The van der Waals surface area contributed by atoms with E-state index in [1.165, 1.54) is 5.56 Å². The minimum absolute atomic E-state index is 0.0980. The molecule has 3 nitrogen and oxygen atoms in total. The molecule has 1 saturated carbocycles. The zero-order chi connectivity index (χ0) is 17.9. The number of amides is 1. The van der Waals surface area contributed by atoms with Crippen molar-refractivity contribution in [3.63, 3.8) is 0 Å². The summed E-state index contributed by atoms with van der Waals surface area (Å²) >= 11 is 3.48. The van der Waals surface area contributed by atoms with Gasteiger partial charge >= 0.3 is 0 Å². The molecule has 132 valence electrons. The molecule has 3 rings (SSSR count). The quantitative estimate of drug-likeness (QED) is 0.734. The monoisotopic (exact) mass is 401 g/mol. The van der Waals surface area contributed by atoms with Crippen LogP contribution in [0, 0.1) is 0 Å². The lowest BCUT2D eigenvalue weighted by Gasteiger charge is -2.25. The summed E-state index contributed by atoms with van der Waals surface area (Å²) in [6.45, 7) is 2.12. The van der Waals surface area contributed by atoms with E-state index in [4.69, 9.17) is 4.74 Å². The smallest absolute Gasteiger partial charge is 0.220 e. The van der Waals surface area contributed by atoms with Crippen molar-refractivity contribution in [1.29, 1.82) is 0 Å². The second kappa shape index (κ2) is 7.61. The van der Waals surface area contributed by atoms with E-state index in [0.717, 1.165) is 28.6 Å². The number of para-hydroxylation sites is 1. The van der Waals surface area contributed by atoms with E-state index in [1.54, 1.807) is 7.11 Å². The van der Waals surface area contributed by atoms with Crippen LogP contribution in [0.3, 0.4) is 0 Å². The first-order valence-corrected chi connectivity index (χ1v) is 9.52. The summed E-state index contributed by atoms with van der Waals surface area (Å²) in [7, 11) is 1.66.